The number of hydrogen-bond acceptors (Lipinski definition) is 2. The molecule has 0 aromatic heterocycles. The molecule has 0 amide bonds. The van der Waals surface area contributed by atoms with Crippen LogP contribution in [0.4, 0.5) is 10.1 Å². The third-order valence-corrected chi connectivity index (χ3v) is 7.34. The van der Waals surface area contributed by atoms with Gasteiger partial charge in [-0.1, -0.05) is 93.8 Å². The van der Waals surface area contributed by atoms with E-state index in [1.54, 1.807) is 12.1 Å². The van der Waals surface area contributed by atoms with E-state index in [2.05, 4.69) is 98.6 Å². The topological polar surface area (TPSA) is 24.4 Å². The normalized spacial score (nSPS) is 12.4. The average molecular weight is 529 g/mol. The van der Waals surface area contributed by atoms with Crippen molar-refractivity contribution in [2.24, 2.45) is 4.99 Å². The molecule has 1 atom stereocenters. The molecule has 0 fully saturated rings. The van der Waals surface area contributed by atoms with Gasteiger partial charge >= 0.3 is 0 Å². The third kappa shape index (κ3) is 6.21. The highest BCUT2D eigenvalue weighted by Gasteiger charge is 2.19. The fourth-order valence-electron chi connectivity index (χ4n) is 5.23. The maximum atomic E-state index is 13.4. The van der Waals surface area contributed by atoms with E-state index < -0.39 is 0 Å². The first-order valence-corrected chi connectivity index (χ1v) is 13.8. The van der Waals surface area contributed by atoms with Crippen molar-refractivity contribution in [1.82, 2.24) is 0 Å². The Morgan fingerprint density at radius 1 is 0.900 bits per heavy atom. The molecule has 4 aromatic rings. The summed E-state index contributed by atoms with van der Waals surface area (Å²) in [6.07, 6.45) is 12.5. The van der Waals surface area contributed by atoms with Crippen LogP contribution < -0.4 is 5.32 Å². The summed E-state index contributed by atoms with van der Waals surface area (Å²) in [6, 6.07) is 23.6. The molecule has 0 aliphatic carbocycles. The van der Waals surface area contributed by atoms with Gasteiger partial charge in [-0.25, -0.2) is 4.39 Å². The van der Waals surface area contributed by atoms with Crippen molar-refractivity contribution in [3.8, 4) is 0 Å². The van der Waals surface area contributed by atoms with E-state index in [9.17, 15) is 4.39 Å². The Morgan fingerprint density at radius 3 is 2.17 bits per heavy atom. The van der Waals surface area contributed by atoms with E-state index in [1.807, 2.05) is 24.3 Å². The second-order valence-electron chi connectivity index (χ2n) is 9.66. The summed E-state index contributed by atoms with van der Waals surface area (Å²) in [6.45, 7) is 16.3. The van der Waals surface area contributed by atoms with Crippen molar-refractivity contribution in [1.29, 1.82) is 0 Å². The molecule has 0 saturated carbocycles. The van der Waals surface area contributed by atoms with Crippen LogP contribution in [-0.2, 0) is 12.8 Å². The SMILES string of the molecule is C=Cc1cc(C(C/C=C\C=C(/N=C)c2ccc(F)cc2)Nc2c(CC)cccc2CC)c2ccccc2c1C=C. The Hall–Kier alpha value is -4.50. The monoisotopic (exact) mass is 528 g/mol. The highest BCUT2D eigenvalue weighted by Crippen LogP contribution is 2.36. The number of para-hydroxylation sites is 1. The quantitative estimate of drug-likeness (QED) is 0.144. The zero-order valence-corrected chi connectivity index (χ0v) is 23.5. The Bertz CT molecular complexity index is 1550. The van der Waals surface area contributed by atoms with Gasteiger partial charge in [-0.05, 0) is 101 Å². The lowest BCUT2D eigenvalue weighted by Gasteiger charge is -2.26. The zero-order chi connectivity index (χ0) is 28.5. The number of hydrogen-bond donors (Lipinski definition) is 1. The van der Waals surface area contributed by atoms with Gasteiger partial charge in [-0.15, -0.1) is 0 Å². The van der Waals surface area contributed by atoms with Crippen LogP contribution >= 0.6 is 0 Å². The summed E-state index contributed by atoms with van der Waals surface area (Å²) in [4.78, 5) is 4.16. The predicted molar refractivity (Wildman–Crippen MR) is 173 cm³/mol. The molecule has 0 spiro atoms. The van der Waals surface area contributed by atoms with Crippen molar-refractivity contribution in [3.63, 3.8) is 0 Å². The molecule has 1 N–H and O–H groups in total. The predicted octanol–water partition coefficient (Wildman–Crippen LogP) is 10.2. The third-order valence-electron chi connectivity index (χ3n) is 7.34. The lowest BCUT2D eigenvalue weighted by atomic mass is 9.89. The first-order chi connectivity index (χ1) is 19.5. The summed E-state index contributed by atoms with van der Waals surface area (Å²) in [5, 5.41) is 6.30. The van der Waals surface area contributed by atoms with Crippen molar-refractivity contribution in [3.05, 3.63) is 143 Å². The van der Waals surface area contributed by atoms with E-state index in [4.69, 9.17) is 0 Å². The molecule has 4 rings (SSSR count). The Labute approximate surface area is 238 Å². The maximum absolute atomic E-state index is 13.4. The molecule has 0 aliphatic heterocycles. The van der Waals surface area contributed by atoms with Crippen LogP contribution in [0.3, 0.4) is 0 Å². The first kappa shape index (κ1) is 28.5. The number of halogens is 1. The van der Waals surface area contributed by atoms with Crippen LogP contribution in [0, 0.1) is 5.82 Å². The molecule has 0 aliphatic rings. The van der Waals surface area contributed by atoms with Crippen molar-refractivity contribution >= 4 is 41.0 Å². The summed E-state index contributed by atoms with van der Waals surface area (Å²) in [5.74, 6) is -0.274. The molecule has 0 saturated heterocycles. The number of rotatable bonds is 12. The molecule has 40 heavy (non-hydrogen) atoms. The molecule has 0 bridgehead atoms. The maximum Gasteiger partial charge on any atom is 0.123 e. The van der Waals surface area contributed by atoms with Gasteiger partial charge in [0, 0.05) is 11.3 Å². The number of allylic oxidation sites excluding steroid dienone is 2. The second-order valence-corrected chi connectivity index (χ2v) is 9.66. The van der Waals surface area contributed by atoms with Gasteiger partial charge in [-0.3, -0.25) is 4.99 Å². The van der Waals surface area contributed by atoms with Gasteiger partial charge in [0.1, 0.15) is 5.82 Å². The fourth-order valence-corrected chi connectivity index (χ4v) is 5.23. The lowest BCUT2D eigenvalue weighted by Crippen LogP contribution is -2.14. The highest BCUT2D eigenvalue weighted by molar-refractivity contribution is 5.96. The van der Waals surface area contributed by atoms with Gasteiger partial charge in [0.15, 0.2) is 0 Å². The summed E-state index contributed by atoms with van der Waals surface area (Å²) >= 11 is 0. The molecule has 0 radical (unpaired) electrons. The summed E-state index contributed by atoms with van der Waals surface area (Å²) in [7, 11) is 0. The number of aliphatic imine (C=N–C) groups is 1. The van der Waals surface area contributed by atoms with Crippen LogP contribution in [0.2, 0.25) is 0 Å². The molecule has 202 valence electrons. The fraction of sp³-hybridized carbons (Fsp3) is 0.162. The molecular formula is C37H37FN2. The van der Waals surface area contributed by atoms with Crippen LogP contribution in [0.15, 0.2) is 109 Å². The summed E-state index contributed by atoms with van der Waals surface area (Å²) < 4.78 is 13.4. The number of fused-ring (bicyclic) bond motifs is 1. The lowest BCUT2D eigenvalue weighted by molar-refractivity contribution is 0.627. The van der Waals surface area contributed by atoms with E-state index >= 15 is 0 Å². The van der Waals surface area contributed by atoms with Crippen LogP contribution in [-0.4, -0.2) is 6.72 Å². The molecule has 3 heteroatoms. The van der Waals surface area contributed by atoms with Crippen molar-refractivity contribution in [2.75, 3.05) is 5.32 Å². The van der Waals surface area contributed by atoms with Gasteiger partial charge in [0.05, 0.1) is 11.7 Å². The summed E-state index contributed by atoms with van der Waals surface area (Å²) in [5.41, 5.74) is 8.69. The minimum Gasteiger partial charge on any atom is -0.377 e. The van der Waals surface area contributed by atoms with E-state index in [-0.39, 0.29) is 11.9 Å². The molecule has 1 unspecified atom stereocenters. The van der Waals surface area contributed by atoms with Crippen LogP contribution in [0.25, 0.3) is 28.6 Å². The molecule has 2 nitrogen and oxygen atoms in total. The Kier molecular flexibility index (Phi) is 9.64. The van der Waals surface area contributed by atoms with Gasteiger partial charge in [0.25, 0.3) is 0 Å². The Morgan fingerprint density at radius 2 is 1.57 bits per heavy atom. The molecular weight excluding hydrogens is 491 g/mol. The van der Waals surface area contributed by atoms with E-state index in [0.29, 0.717) is 5.70 Å². The van der Waals surface area contributed by atoms with Crippen molar-refractivity contribution in [2.45, 2.75) is 39.2 Å². The molecule has 4 aromatic carbocycles. The number of benzene rings is 4. The minimum atomic E-state index is -0.274. The first-order valence-electron chi connectivity index (χ1n) is 13.8. The number of aryl methyl sites for hydroxylation is 2. The van der Waals surface area contributed by atoms with Gasteiger partial charge in [-0.2, -0.15) is 0 Å². The van der Waals surface area contributed by atoms with E-state index in [1.165, 1.54) is 39.9 Å². The number of nitrogens with one attached hydrogen (secondary N) is 1. The Balaban J connectivity index is 1.80. The second kappa shape index (κ2) is 13.5. The zero-order valence-electron chi connectivity index (χ0n) is 23.5. The standard InChI is InChI=1S/C37H37FN2/c1-6-26-15-14-16-27(7-2)37(26)40-36(20-13-12-19-35(39-5)29-21-23-30(38)24-22-29)34-25-28(8-3)31(9-4)32-17-10-11-18-33(32)34/h8-19,21-25,36,40H,3-7,20H2,1-2H3/b13-12-,35-19-. The van der Waals surface area contributed by atoms with Crippen LogP contribution in [0.1, 0.15) is 59.7 Å². The highest BCUT2D eigenvalue weighted by atomic mass is 19.1. The number of anilines is 1. The smallest absolute Gasteiger partial charge is 0.123 e. The van der Waals surface area contributed by atoms with E-state index in [0.717, 1.165) is 41.3 Å². The van der Waals surface area contributed by atoms with Gasteiger partial charge in [0.2, 0.25) is 0 Å². The van der Waals surface area contributed by atoms with Gasteiger partial charge < -0.3 is 5.32 Å². The molecule has 0 heterocycles. The largest absolute Gasteiger partial charge is 0.377 e. The minimum absolute atomic E-state index is 0.00363. The van der Waals surface area contributed by atoms with Crippen LogP contribution in [0.5, 0.6) is 0 Å². The van der Waals surface area contributed by atoms with Crippen molar-refractivity contribution < 1.29 is 4.39 Å². The number of nitrogens with zero attached hydrogens (tertiary/aromatic N) is 1. The average Bonchev–Trinajstić information content (AvgIpc) is 3.00.